The zero-order chi connectivity index (χ0) is 21.2. The predicted molar refractivity (Wildman–Crippen MR) is 103 cm³/mol. The van der Waals surface area contributed by atoms with E-state index in [2.05, 4.69) is 17.6 Å². The van der Waals surface area contributed by atoms with Gasteiger partial charge < -0.3 is 10.6 Å². The summed E-state index contributed by atoms with van der Waals surface area (Å²) >= 11 is 0. The molecule has 1 aliphatic heterocycles. The van der Waals surface area contributed by atoms with Crippen molar-refractivity contribution in [3.8, 4) is 0 Å². The number of amides is 4. The molecule has 0 unspecified atom stereocenters. The van der Waals surface area contributed by atoms with Crippen molar-refractivity contribution in [1.82, 2.24) is 10.2 Å². The first kappa shape index (κ1) is 20.4. The number of urea groups is 1. The molecule has 6 nitrogen and oxygen atoms in total. The van der Waals surface area contributed by atoms with E-state index < -0.39 is 41.6 Å². The van der Waals surface area contributed by atoms with Gasteiger partial charge >= 0.3 is 6.03 Å². The van der Waals surface area contributed by atoms with Gasteiger partial charge in [0, 0.05) is 11.8 Å². The first-order valence-electron chi connectivity index (χ1n) is 9.23. The minimum Gasteiger partial charge on any atom is -0.324 e. The largest absolute Gasteiger partial charge is 0.325 e. The van der Waals surface area contributed by atoms with Gasteiger partial charge in [0.1, 0.15) is 12.1 Å². The van der Waals surface area contributed by atoms with Crippen LogP contribution >= 0.6 is 0 Å². The van der Waals surface area contributed by atoms with E-state index in [0.717, 1.165) is 35.4 Å². The maximum Gasteiger partial charge on any atom is 0.325 e. The maximum atomic E-state index is 13.3. The number of hydrogen-bond donors (Lipinski definition) is 2. The van der Waals surface area contributed by atoms with Crippen molar-refractivity contribution in [2.24, 2.45) is 0 Å². The molecule has 0 bridgehead atoms. The molecular formula is C21H21F2N3O3. The van der Waals surface area contributed by atoms with Crippen molar-refractivity contribution in [3.05, 3.63) is 65.2 Å². The van der Waals surface area contributed by atoms with E-state index in [9.17, 15) is 23.2 Å². The van der Waals surface area contributed by atoms with Gasteiger partial charge in [-0.15, -0.1) is 0 Å². The Hall–Kier alpha value is -3.29. The van der Waals surface area contributed by atoms with Crippen LogP contribution in [0.4, 0.5) is 19.3 Å². The molecule has 0 saturated carbocycles. The topological polar surface area (TPSA) is 78.5 Å². The molecule has 1 saturated heterocycles. The molecule has 4 amide bonds. The Morgan fingerprint density at radius 1 is 1.10 bits per heavy atom. The smallest absolute Gasteiger partial charge is 0.324 e. The molecule has 0 aromatic heterocycles. The summed E-state index contributed by atoms with van der Waals surface area (Å²) in [4.78, 5) is 38.2. The van der Waals surface area contributed by atoms with Gasteiger partial charge in [-0.2, -0.15) is 0 Å². The van der Waals surface area contributed by atoms with Crippen LogP contribution in [-0.4, -0.2) is 29.3 Å². The van der Waals surface area contributed by atoms with Crippen LogP contribution in [0.1, 0.15) is 31.4 Å². The summed E-state index contributed by atoms with van der Waals surface area (Å²) in [6.07, 6.45) is 1.90. The molecule has 152 valence electrons. The van der Waals surface area contributed by atoms with Gasteiger partial charge in [0.05, 0.1) is 0 Å². The molecule has 1 fully saturated rings. The third-order valence-electron chi connectivity index (χ3n) is 4.85. The highest BCUT2D eigenvalue weighted by atomic mass is 19.2. The number of aryl methyl sites for hydroxylation is 1. The molecule has 2 N–H and O–H groups in total. The lowest BCUT2D eigenvalue weighted by Crippen LogP contribution is -2.42. The van der Waals surface area contributed by atoms with Crippen LogP contribution in [0.25, 0.3) is 0 Å². The lowest BCUT2D eigenvalue weighted by atomic mass is 9.91. The van der Waals surface area contributed by atoms with Crippen molar-refractivity contribution < 1.29 is 23.2 Å². The normalized spacial score (nSPS) is 18.7. The highest BCUT2D eigenvalue weighted by Crippen LogP contribution is 2.29. The van der Waals surface area contributed by atoms with Crippen LogP contribution in [0.3, 0.4) is 0 Å². The van der Waals surface area contributed by atoms with Crippen molar-refractivity contribution in [1.29, 1.82) is 0 Å². The molecule has 2 aromatic carbocycles. The Labute approximate surface area is 166 Å². The van der Waals surface area contributed by atoms with E-state index in [1.807, 2.05) is 12.1 Å². The fourth-order valence-electron chi connectivity index (χ4n) is 3.25. The van der Waals surface area contributed by atoms with Crippen molar-refractivity contribution >= 4 is 23.5 Å². The number of nitrogens with zero attached hydrogens (tertiary/aromatic N) is 1. The minimum absolute atomic E-state index is 0.0234. The molecule has 2 aromatic rings. The summed E-state index contributed by atoms with van der Waals surface area (Å²) in [5.41, 5.74) is 0.471. The van der Waals surface area contributed by atoms with E-state index in [0.29, 0.717) is 5.56 Å². The molecule has 1 aliphatic rings. The second-order valence-electron chi connectivity index (χ2n) is 7.07. The lowest BCUT2D eigenvalue weighted by molar-refractivity contribution is -0.133. The van der Waals surface area contributed by atoms with Gasteiger partial charge in [-0.1, -0.05) is 37.6 Å². The summed E-state index contributed by atoms with van der Waals surface area (Å²) in [6.45, 7) is 3.10. The van der Waals surface area contributed by atoms with Gasteiger partial charge in [0.2, 0.25) is 5.91 Å². The Morgan fingerprint density at radius 2 is 1.79 bits per heavy atom. The molecule has 3 rings (SSSR count). The third kappa shape index (κ3) is 4.11. The van der Waals surface area contributed by atoms with Crippen molar-refractivity contribution in [3.63, 3.8) is 0 Å². The number of anilines is 1. The molecule has 1 heterocycles. The number of rotatable bonds is 6. The predicted octanol–water partition coefficient (Wildman–Crippen LogP) is 3.32. The van der Waals surface area contributed by atoms with Crippen LogP contribution in [0.15, 0.2) is 42.5 Å². The molecular weight excluding hydrogens is 380 g/mol. The van der Waals surface area contributed by atoms with Crippen LogP contribution in [0, 0.1) is 11.6 Å². The van der Waals surface area contributed by atoms with Gasteiger partial charge in [-0.3, -0.25) is 14.5 Å². The van der Waals surface area contributed by atoms with E-state index in [4.69, 9.17) is 0 Å². The quantitative estimate of drug-likeness (QED) is 0.729. The molecule has 8 heteroatoms. The summed E-state index contributed by atoms with van der Waals surface area (Å²) in [7, 11) is 0. The molecule has 29 heavy (non-hydrogen) atoms. The molecule has 0 spiro atoms. The van der Waals surface area contributed by atoms with Gasteiger partial charge in [-0.05, 0) is 36.6 Å². The van der Waals surface area contributed by atoms with Crippen molar-refractivity contribution in [2.45, 2.75) is 32.2 Å². The van der Waals surface area contributed by atoms with E-state index in [1.165, 1.54) is 6.07 Å². The summed E-state index contributed by atoms with van der Waals surface area (Å²) in [5, 5.41) is 4.98. The zero-order valence-electron chi connectivity index (χ0n) is 16.1. The average molecular weight is 401 g/mol. The molecule has 0 aliphatic carbocycles. The van der Waals surface area contributed by atoms with Gasteiger partial charge in [0.15, 0.2) is 11.6 Å². The zero-order valence-corrected chi connectivity index (χ0v) is 16.1. The number of halogens is 2. The Balaban J connectivity index is 1.72. The molecule has 0 radical (unpaired) electrons. The van der Waals surface area contributed by atoms with Gasteiger partial charge in [0.25, 0.3) is 5.91 Å². The first-order valence-corrected chi connectivity index (χ1v) is 9.23. The number of benzene rings is 2. The Kier molecular flexibility index (Phi) is 5.63. The maximum absolute atomic E-state index is 13.3. The standard InChI is InChI=1S/C21H21F2N3O3/c1-3-4-13-5-7-14(8-6-13)21(2)19(28)26(20(29)25-21)12-18(27)24-15-9-10-16(22)17(23)11-15/h5-11H,3-4,12H2,1-2H3,(H,24,27)(H,25,29)/t21-/m1/s1. The van der Waals surface area contributed by atoms with Crippen LogP contribution in [0.2, 0.25) is 0 Å². The van der Waals surface area contributed by atoms with Crippen LogP contribution in [-0.2, 0) is 21.5 Å². The summed E-state index contributed by atoms with van der Waals surface area (Å²) in [5.74, 6) is -3.43. The number of carbonyl (C=O) groups excluding carboxylic acids is 3. The van der Waals surface area contributed by atoms with Crippen molar-refractivity contribution in [2.75, 3.05) is 11.9 Å². The lowest BCUT2D eigenvalue weighted by Gasteiger charge is -2.22. The first-order chi connectivity index (χ1) is 13.7. The summed E-state index contributed by atoms with van der Waals surface area (Å²) in [6, 6.07) is 9.56. The highest BCUT2D eigenvalue weighted by molar-refractivity contribution is 6.10. The van der Waals surface area contributed by atoms with E-state index >= 15 is 0 Å². The Morgan fingerprint density at radius 3 is 2.41 bits per heavy atom. The number of imide groups is 1. The number of carbonyl (C=O) groups is 3. The SMILES string of the molecule is CCCc1ccc([C@@]2(C)NC(=O)N(CC(=O)Nc3ccc(F)c(F)c3)C2=O)cc1. The fourth-order valence-corrected chi connectivity index (χ4v) is 3.25. The van der Waals surface area contributed by atoms with E-state index in [-0.39, 0.29) is 5.69 Å². The Bertz CT molecular complexity index is 962. The second-order valence-corrected chi connectivity index (χ2v) is 7.07. The van der Waals surface area contributed by atoms with E-state index in [1.54, 1.807) is 19.1 Å². The fraction of sp³-hybridized carbons (Fsp3) is 0.286. The highest BCUT2D eigenvalue weighted by Gasteiger charge is 2.49. The van der Waals surface area contributed by atoms with Crippen LogP contribution in [0.5, 0.6) is 0 Å². The number of hydrogen-bond acceptors (Lipinski definition) is 3. The third-order valence-corrected chi connectivity index (χ3v) is 4.85. The van der Waals surface area contributed by atoms with Gasteiger partial charge in [-0.25, -0.2) is 13.6 Å². The number of nitrogens with one attached hydrogen (secondary N) is 2. The van der Waals surface area contributed by atoms with Crippen LogP contribution < -0.4 is 10.6 Å². The second kappa shape index (κ2) is 7.98. The monoisotopic (exact) mass is 401 g/mol. The molecule has 1 atom stereocenters. The minimum atomic E-state index is -1.29. The summed E-state index contributed by atoms with van der Waals surface area (Å²) < 4.78 is 26.3. The average Bonchev–Trinajstić information content (AvgIpc) is 2.89.